The van der Waals surface area contributed by atoms with Crippen LogP contribution in [0.4, 0.5) is 0 Å². The van der Waals surface area contributed by atoms with Gasteiger partial charge in [-0.3, -0.25) is 0 Å². The third-order valence-electron chi connectivity index (χ3n) is 2.99. The molecule has 3 heteroatoms. The summed E-state index contributed by atoms with van der Waals surface area (Å²) in [5, 5.41) is 8.93. The first-order chi connectivity index (χ1) is 8.71. The molecular formula is C15H22N2O. The van der Waals surface area contributed by atoms with Crippen LogP contribution in [-0.4, -0.2) is 25.6 Å². The van der Waals surface area contributed by atoms with E-state index in [0.29, 0.717) is 5.56 Å². The number of methoxy groups -OCH3 is 1. The minimum atomic E-state index is 0.688. The zero-order valence-electron chi connectivity index (χ0n) is 11.6. The predicted molar refractivity (Wildman–Crippen MR) is 73.6 cm³/mol. The SMILES string of the molecule is CCCCCN(C)Cc1cc(C#N)ccc1OC. The Morgan fingerprint density at radius 1 is 1.33 bits per heavy atom. The second-order valence-electron chi connectivity index (χ2n) is 4.58. The van der Waals surface area contributed by atoms with Gasteiger partial charge < -0.3 is 9.64 Å². The zero-order valence-corrected chi connectivity index (χ0v) is 11.6. The van der Waals surface area contributed by atoms with E-state index in [9.17, 15) is 0 Å². The van der Waals surface area contributed by atoms with E-state index in [2.05, 4.69) is 24.9 Å². The highest BCUT2D eigenvalue weighted by Crippen LogP contribution is 2.21. The van der Waals surface area contributed by atoms with Gasteiger partial charge in [-0.2, -0.15) is 5.26 Å². The van der Waals surface area contributed by atoms with Crippen molar-refractivity contribution in [1.29, 1.82) is 5.26 Å². The number of nitriles is 1. The Morgan fingerprint density at radius 3 is 2.72 bits per heavy atom. The van der Waals surface area contributed by atoms with Crippen molar-refractivity contribution in [3.63, 3.8) is 0 Å². The third-order valence-corrected chi connectivity index (χ3v) is 2.99. The van der Waals surface area contributed by atoms with Gasteiger partial charge in [0.1, 0.15) is 5.75 Å². The van der Waals surface area contributed by atoms with Crippen LogP contribution in [0, 0.1) is 11.3 Å². The summed E-state index contributed by atoms with van der Waals surface area (Å²) in [6.07, 6.45) is 3.72. The van der Waals surface area contributed by atoms with E-state index in [4.69, 9.17) is 10.00 Å². The highest BCUT2D eigenvalue weighted by atomic mass is 16.5. The standard InChI is InChI=1S/C15H22N2O/c1-4-5-6-9-17(2)12-14-10-13(11-16)7-8-15(14)18-3/h7-8,10H,4-6,9,12H2,1-3H3. The Balaban J connectivity index is 2.67. The monoisotopic (exact) mass is 246 g/mol. The lowest BCUT2D eigenvalue weighted by molar-refractivity contribution is 0.310. The lowest BCUT2D eigenvalue weighted by atomic mass is 10.1. The summed E-state index contributed by atoms with van der Waals surface area (Å²) in [6, 6.07) is 7.74. The van der Waals surface area contributed by atoms with Crippen molar-refractivity contribution in [2.75, 3.05) is 20.7 Å². The smallest absolute Gasteiger partial charge is 0.123 e. The van der Waals surface area contributed by atoms with E-state index < -0.39 is 0 Å². The zero-order chi connectivity index (χ0) is 13.4. The quantitative estimate of drug-likeness (QED) is 0.693. The van der Waals surface area contributed by atoms with Gasteiger partial charge in [-0.1, -0.05) is 19.8 Å². The average Bonchev–Trinajstić information content (AvgIpc) is 2.39. The van der Waals surface area contributed by atoms with Gasteiger partial charge in [-0.25, -0.2) is 0 Å². The third kappa shape index (κ3) is 4.38. The van der Waals surface area contributed by atoms with Crippen molar-refractivity contribution in [2.45, 2.75) is 32.7 Å². The fraction of sp³-hybridized carbons (Fsp3) is 0.533. The van der Waals surface area contributed by atoms with Gasteiger partial charge in [-0.05, 0) is 38.2 Å². The van der Waals surface area contributed by atoms with E-state index in [1.807, 2.05) is 12.1 Å². The Kier molecular flexibility index (Phi) is 6.24. The van der Waals surface area contributed by atoms with E-state index in [0.717, 1.165) is 24.4 Å². The summed E-state index contributed by atoms with van der Waals surface area (Å²) in [5.74, 6) is 0.858. The molecule has 0 amide bonds. The predicted octanol–water partition coefficient (Wildman–Crippen LogP) is 3.19. The molecule has 0 saturated heterocycles. The molecule has 0 bridgehead atoms. The average molecular weight is 246 g/mol. The van der Waals surface area contributed by atoms with Crippen molar-refractivity contribution in [3.8, 4) is 11.8 Å². The van der Waals surface area contributed by atoms with Gasteiger partial charge in [0.05, 0.1) is 18.7 Å². The van der Waals surface area contributed by atoms with Crippen molar-refractivity contribution < 1.29 is 4.74 Å². The lowest BCUT2D eigenvalue weighted by Crippen LogP contribution is -2.19. The Hall–Kier alpha value is -1.53. The Labute approximate surface area is 110 Å². The van der Waals surface area contributed by atoms with Crippen LogP contribution in [0.5, 0.6) is 5.75 Å². The lowest BCUT2D eigenvalue weighted by Gasteiger charge is -2.18. The largest absolute Gasteiger partial charge is 0.496 e. The van der Waals surface area contributed by atoms with Crippen molar-refractivity contribution in [3.05, 3.63) is 29.3 Å². The van der Waals surface area contributed by atoms with Crippen LogP contribution in [-0.2, 0) is 6.54 Å². The Morgan fingerprint density at radius 2 is 2.11 bits per heavy atom. The van der Waals surface area contributed by atoms with Crippen LogP contribution < -0.4 is 4.74 Å². The molecule has 0 heterocycles. The molecule has 0 aliphatic carbocycles. The molecule has 3 nitrogen and oxygen atoms in total. The molecule has 0 N–H and O–H groups in total. The minimum absolute atomic E-state index is 0.688. The molecule has 0 aromatic heterocycles. The van der Waals surface area contributed by atoms with E-state index in [1.54, 1.807) is 13.2 Å². The van der Waals surface area contributed by atoms with Crippen LogP contribution in [0.1, 0.15) is 37.3 Å². The van der Waals surface area contributed by atoms with Gasteiger partial charge in [0.15, 0.2) is 0 Å². The van der Waals surface area contributed by atoms with Crippen LogP contribution in [0.2, 0.25) is 0 Å². The van der Waals surface area contributed by atoms with Crippen molar-refractivity contribution >= 4 is 0 Å². The topological polar surface area (TPSA) is 36.3 Å². The fourth-order valence-electron chi connectivity index (χ4n) is 1.97. The molecule has 0 fully saturated rings. The first kappa shape index (κ1) is 14.5. The molecule has 0 saturated carbocycles. The van der Waals surface area contributed by atoms with Crippen molar-refractivity contribution in [1.82, 2.24) is 4.90 Å². The summed E-state index contributed by atoms with van der Waals surface area (Å²) >= 11 is 0. The molecule has 0 unspecified atom stereocenters. The van der Waals surface area contributed by atoms with Crippen LogP contribution in [0.15, 0.2) is 18.2 Å². The van der Waals surface area contributed by atoms with Gasteiger partial charge >= 0.3 is 0 Å². The highest BCUT2D eigenvalue weighted by molar-refractivity contribution is 5.41. The number of nitrogens with zero attached hydrogens (tertiary/aromatic N) is 2. The van der Waals surface area contributed by atoms with Crippen LogP contribution in [0.25, 0.3) is 0 Å². The van der Waals surface area contributed by atoms with Crippen molar-refractivity contribution in [2.24, 2.45) is 0 Å². The van der Waals surface area contributed by atoms with Crippen LogP contribution >= 0.6 is 0 Å². The summed E-state index contributed by atoms with van der Waals surface area (Å²) in [5.41, 5.74) is 1.77. The maximum Gasteiger partial charge on any atom is 0.123 e. The molecule has 18 heavy (non-hydrogen) atoms. The van der Waals surface area contributed by atoms with Crippen LogP contribution in [0.3, 0.4) is 0 Å². The molecular weight excluding hydrogens is 224 g/mol. The molecule has 0 aliphatic rings. The summed E-state index contributed by atoms with van der Waals surface area (Å²) in [7, 11) is 3.77. The fourth-order valence-corrected chi connectivity index (χ4v) is 1.97. The second-order valence-corrected chi connectivity index (χ2v) is 4.58. The van der Waals surface area contributed by atoms with Gasteiger partial charge in [-0.15, -0.1) is 0 Å². The number of hydrogen-bond donors (Lipinski definition) is 0. The first-order valence-corrected chi connectivity index (χ1v) is 6.46. The van der Waals surface area contributed by atoms with E-state index in [1.165, 1.54) is 19.3 Å². The number of hydrogen-bond acceptors (Lipinski definition) is 3. The molecule has 0 atom stereocenters. The molecule has 0 radical (unpaired) electrons. The number of ether oxygens (including phenoxy) is 1. The van der Waals surface area contributed by atoms with E-state index in [-0.39, 0.29) is 0 Å². The number of unbranched alkanes of at least 4 members (excludes halogenated alkanes) is 2. The van der Waals surface area contributed by atoms with E-state index >= 15 is 0 Å². The van der Waals surface area contributed by atoms with Gasteiger partial charge in [0.2, 0.25) is 0 Å². The highest BCUT2D eigenvalue weighted by Gasteiger charge is 2.07. The molecule has 1 aromatic rings. The molecule has 98 valence electrons. The summed E-state index contributed by atoms with van der Waals surface area (Å²) in [4.78, 5) is 2.27. The molecule has 1 rings (SSSR count). The Bertz CT molecular complexity index is 409. The molecule has 1 aromatic carbocycles. The molecule has 0 aliphatic heterocycles. The first-order valence-electron chi connectivity index (χ1n) is 6.46. The summed E-state index contributed by atoms with van der Waals surface area (Å²) in [6.45, 7) is 4.11. The normalized spacial score (nSPS) is 10.4. The second kappa shape index (κ2) is 7.73. The maximum absolute atomic E-state index is 8.93. The summed E-state index contributed by atoms with van der Waals surface area (Å²) < 4.78 is 5.34. The number of rotatable bonds is 7. The maximum atomic E-state index is 8.93. The minimum Gasteiger partial charge on any atom is -0.496 e. The van der Waals surface area contributed by atoms with Gasteiger partial charge in [0.25, 0.3) is 0 Å². The van der Waals surface area contributed by atoms with Gasteiger partial charge in [0, 0.05) is 12.1 Å². The molecule has 0 spiro atoms. The number of benzene rings is 1.